The molecule has 2 rings (SSSR count). The summed E-state index contributed by atoms with van der Waals surface area (Å²) in [6.07, 6.45) is 6.64. The average Bonchev–Trinajstić information content (AvgIpc) is 2.81. The van der Waals surface area contributed by atoms with Gasteiger partial charge >= 0.3 is 6.03 Å². The van der Waals surface area contributed by atoms with Gasteiger partial charge in [0, 0.05) is 39.8 Å². The van der Waals surface area contributed by atoms with Gasteiger partial charge in [0.2, 0.25) is 0 Å². The Morgan fingerprint density at radius 1 is 1.09 bits per heavy atom. The minimum absolute atomic E-state index is 0.0318. The van der Waals surface area contributed by atoms with Crippen LogP contribution in [0.5, 0.6) is 0 Å². The largest absolute Gasteiger partial charge is 0.372 e. The first kappa shape index (κ1) is 28.0. The van der Waals surface area contributed by atoms with Crippen LogP contribution in [0.3, 0.4) is 0 Å². The quantitative estimate of drug-likeness (QED) is 0.277. The fourth-order valence-corrected chi connectivity index (χ4v) is 4.72. The van der Waals surface area contributed by atoms with Gasteiger partial charge in [-0.05, 0) is 69.7 Å². The first-order valence-corrected chi connectivity index (χ1v) is 13.1. The van der Waals surface area contributed by atoms with Crippen LogP contribution in [0.25, 0.3) is 0 Å². The molecule has 2 amide bonds. The maximum atomic E-state index is 12.3. The van der Waals surface area contributed by atoms with Gasteiger partial charge < -0.3 is 24.8 Å². The fraction of sp³-hybridized carbons (Fsp3) is 0.720. The Kier molecular flexibility index (Phi) is 12.7. The van der Waals surface area contributed by atoms with Crippen molar-refractivity contribution in [2.75, 3.05) is 58.5 Å². The standard InChI is InChI=1S/C25H42Cl2N4O2/c1-5-18-33-19-30(4)25(32)28-21-12-10-20(11-13-21)14-15-31(6-2)17-16-29(3)23-9-7-8-22(26)24(23)27/h7-9,20-21H,5-6,10-19H2,1-4H3,(H,28,32). The molecule has 33 heavy (non-hydrogen) atoms. The van der Waals surface area contributed by atoms with Crippen molar-refractivity contribution < 1.29 is 9.53 Å². The van der Waals surface area contributed by atoms with Gasteiger partial charge in [0.05, 0.1) is 15.7 Å². The zero-order valence-electron chi connectivity index (χ0n) is 20.8. The van der Waals surface area contributed by atoms with E-state index in [0.29, 0.717) is 23.4 Å². The van der Waals surface area contributed by atoms with Crippen molar-refractivity contribution in [3.63, 3.8) is 0 Å². The lowest BCUT2D eigenvalue weighted by molar-refractivity contribution is 0.0581. The van der Waals surface area contributed by atoms with E-state index in [9.17, 15) is 4.79 Å². The molecule has 0 heterocycles. The van der Waals surface area contributed by atoms with E-state index >= 15 is 0 Å². The highest BCUT2D eigenvalue weighted by atomic mass is 35.5. The van der Waals surface area contributed by atoms with Crippen molar-refractivity contribution in [2.24, 2.45) is 5.92 Å². The molecule has 0 atom stereocenters. The van der Waals surface area contributed by atoms with Gasteiger partial charge in [0.25, 0.3) is 0 Å². The predicted octanol–water partition coefficient (Wildman–Crippen LogP) is 5.73. The summed E-state index contributed by atoms with van der Waals surface area (Å²) in [5.41, 5.74) is 0.975. The molecule has 1 N–H and O–H groups in total. The van der Waals surface area contributed by atoms with Crippen LogP contribution < -0.4 is 10.2 Å². The molecule has 0 bridgehead atoms. The normalized spacial score (nSPS) is 18.4. The van der Waals surface area contributed by atoms with Gasteiger partial charge in [-0.3, -0.25) is 0 Å². The molecule has 1 saturated carbocycles. The Morgan fingerprint density at radius 2 is 1.82 bits per heavy atom. The summed E-state index contributed by atoms with van der Waals surface area (Å²) in [6, 6.07) is 6.02. The molecule has 1 aromatic carbocycles. The number of ether oxygens (including phenoxy) is 1. The lowest BCUT2D eigenvalue weighted by Crippen LogP contribution is -2.45. The van der Waals surface area contributed by atoms with Gasteiger partial charge in [0.1, 0.15) is 6.73 Å². The van der Waals surface area contributed by atoms with Crippen LogP contribution in [0.4, 0.5) is 10.5 Å². The molecule has 188 valence electrons. The number of nitrogens with zero attached hydrogens (tertiary/aromatic N) is 3. The third kappa shape index (κ3) is 9.51. The van der Waals surface area contributed by atoms with Crippen molar-refractivity contribution in [2.45, 2.75) is 58.4 Å². The van der Waals surface area contributed by atoms with E-state index in [-0.39, 0.29) is 12.1 Å². The minimum Gasteiger partial charge on any atom is -0.372 e. The van der Waals surface area contributed by atoms with Gasteiger partial charge in [-0.25, -0.2) is 4.79 Å². The van der Waals surface area contributed by atoms with Crippen molar-refractivity contribution in [3.05, 3.63) is 28.2 Å². The number of benzene rings is 1. The number of carbonyl (C=O) groups is 1. The molecule has 0 radical (unpaired) electrons. The number of hydrogen-bond acceptors (Lipinski definition) is 4. The summed E-state index contributed by atoms with van der Waals surface area (Å²) in [5, 5.41) is 4.38. The Hall–Kier alpha value is -1.21. The van der Waals surface area contributed by atoms with Crippen LogP contribution in [0.15, 0.2) is 18.2 Å². The predicted molar refractivity (Wildman–Crippen MR) is 140 cm³/mol. The van der Waals surface area contributed by atoms with Gasteiger partial charge in [-0.2, -0.15) is 0 Å². The summed E-state index contributed by atoms with van der Waals surface area (Å²) < 4.78 is 5.45. The first-order chi connectivity index (χ1) is 15.8. The second kappa shape index (κ2) is 14.9. The average molecular weight is 502 g/mol. The molecule has 6 nitrogen and oxygen atoms in total. The van der Waals surface area contributed by atoms with Crippen LogP contribution in [0.2, 0.25) is 10.0 Å². The van der Waals surface area contributed by atoms with E-state index in [1.807, 2.05) is 18.2 Å². The van der Waals surface area contributed by atoms with E-state index in [4.69, 9.17) is 27.9 Å². The molecule has 1 aromatic rings. The number of hydrogen-bond donors (Lipinski definition) is 1. The van der Waals surface area contributed by atoms with E-state index < -0.39 is 0 Å². The Labute approximate surface area is 210 Å². The Morgan fingerprint density at radius 3 is 2.48 bits per heavy atom. The zero-order valence-corrected chi connectivity index (χ0v) is 22.3. The smallest absolute Gasteiger partial charge is 0.319 e. The topological polar surface area (TPSA) is 48.1 Å². The number of halogens is 2. The van der Waals surface area contributed by atoms with Crippen molar-refractivity contribution in [1.29, 1.82) is 0 Å². The number of urea groups is 1. The highest BCUT2D eigenvalue weighted by Gasteiger charge is 2.24. The van der Waals surface area contributed by atoms with Crippen LogP contribution in [0.1, 0.15) is 52.4 Å². The van der Waals surface area contributed by atoms with Crippen molar-refractivity contribution in [1.82, 2.24) is 15.1 Å². The van der Waals surface area contributed by atoms with Crippen LogP contribution in [-0.2, 0) is 4.74 Å². The van der Waals surface area contributed by atoms with Crippen LogP contribution >= 0.6 is 23.2 Å². The maximum Gasteiger partial charge on any atom is 0.319 e. The lowest BCUT2D eigenvalue weighted by Gasteiger charge is -2.32. The monoisotopic (exact) mass is 500 g/mol. The SMILES string of the molecule is CCCOCN(C)C(=O)NC1CCC(CCN(CC)CCN(C)c2cccc(Cl)c2Cl)CC1. The third-order valence-corrected chi connectivity index (χ3v) is 7.36. The van der Waals surface area contributed by atoms with E-state index in [1.54, 1.807) is 11.9 Å². The number of anilines is 1. The molecule has 8 heteroatoms. The number of rotatable bonds is 13. The molecule has 0 saturated heterocycles. The highest BCUT2D eigenvalue weighted by Crippen LogP contribution is 2.31. The molecule has 1 aliphatic carbocycles. The first-order valence-electron chi connectivity index (χ1n) is 12.3. The van der Waals surface area contributed by atoms with Crippen LogP contribution in [0, 0.1) is 5.92 Å². The third-order valence-electron chi connectivity index (χ3n) is 6.55. The number of likely N-dealkylation sites (N-methyl/N-ethyl adjacent to an activating group) is 2. The Bertz CT molecular complexity index is 714. The summed E-state index contributed by atoms with van der Waals surface area (Å²) in [5.74, 6) is 0.734. The number of nitrogens with one attached hydrogen (secondary N) is 1. The van der Waals surface area contributed by atoms with Crippen molar-refractivity contribution >= 4 is 34.9 Å². The number of amides is 2. The molecule has 1 aliphatic rings. The molecule has 0 aliphatic heterocycles. The summed E-state index contributed by atoms with van der Waals surface area (Å²) in [4.78, 5) is 18.6. The minimum atomic E-state index is -0.0318. The van der Waals surface area contributed by atoms with Gasteiger partial charge in [-0.15, -0.1) is 0 Å². The van der Waals surface area contributed by atoms with E-state index in [1.165, 1.54) is 19.3 Å². The lowest BCUT2D eigenvalue weighted by atomic mass is 9.84. The molecule has 0 unspecified atom stereocenters. The molecular formula is C25H42Cl2N4O2. The van der Waals surface area contributed by atoms with Crippen molar-refractivity contribution in [3.8, 4) is 0 Å². The zero-order chi connectivity index (χ0) is 24.2. The summed E-state index contributed by atoms with van der Waals surface area (Å²) >= 11 is 12.5. The summed E-state index contributed by atoms with van der Waals surface area (Å²) in [7, 11) is 3.85. The molecule has 0 spiro atoms. The van der Waals surface area contributed by atoms with E-state index in [0.717, 1.165) is 57.0 Å². The second-order valence-corrected chi connectivity index (χ2v) is 9.91. The number of carbonyl (C=O) groups excluding carboxylic acids is 1. The second-order valence-electron chi connectivity index (χ2n) is 9.12. The molecule has 1 fully saturated rings. The molecular weight excluding hydrogens is 459 g/mol. The fourth-order valence-electron chi connectivity index (χ4n) is 4.28. The highest BCUT2D eigenvalue weighted by molar-refractivity contribution is 6.43. The van der Waals surface area contributed by atoms with Gasteiger partial charge in [-0.1, -0.05) is 43.1 Å². The van der Waals surface area contributed by atoms with E-state index in [2.05, 4.69) is 36.0 Å². The maximum absolute atomic E-state index is 12.3. The molecule has 0 aromatic heterocycles. The summed E-state index contributed by atoms with van der Waals surface area (Å²) in [6.45, 7) is 9.35. The Balaban J connectivity index is 1.67. The van der Waals surface area contributed by atoms with Crippen LogP contribution in [-0.4, -0.2) is 75.5 Å². The van der Waals surface area contributed by atoms with Gasteiger partial charge in [0.15, 0.2) is 0 Å².